The lowest BCUT2D eigenvalue weighted by molar-refractivity contribution is 0.0776. The molecule has 3 rings (SSSR count). The van der Waals surface area contributed by atoms with Crippen molar-refractivity contribution in [1.82, 2.24) is 4.90 Å². The summed E-state index contributed by atoms with van der Waals surface area (Å²) in [7, 11) is 0. The van der Waals surface area contributed by atoms with Gasteiger partial charge in [-0.25, -0.2) is 0 Å². The topological polar surface area (TPSA) is 64.8 Å². The Morgan fingerprint density at radius 1 is 1.40 bits per heavy atom. The van der Waals surface area contributed by atoms with Crippen LogP contribution in [-0.2, 0) is 0 Å². The van der Waals surface area contributed by atoms with E-state index in [-0.39, 0.29) is 30.5 Å². The Kier molecular flexibility index (Phi) is 4.11. The van der Waals surface area contributed by atoms with E-state index in [1.54, 1.807) is 18.2 Å². The Labute approximate surface area is 124 Å². The van der Waals surface area contributed by atoms with Crippen molar-refractivity contribution >= 4 is 18.3 Å². The zero-order valence-corrected chi connectivity index (χ0v) is 12.2. The van der Waals surface area contributed by atoms with Gasteiger partial charge in [0.2, 0.25) is 6.79 Å². The zero-order valence-electron chi connectivity index (χ0n) is 11.4. The Morgan fingerprint density at radius 2 is 2.15 bits per heavy atom. The molecule has 110 valence electrons. The van der Waals surface area contributed by atoms with Gasteiger partial charge < -0.3 is 20.1 Å². The van der Waals surface area contributed by atoms with E-state index in [4.69, 9.17) is 15.2 Å². The van der Waals surface area contributed by atoms with Gasteiger partial charge in [-0.15, -0.1) is 12.4 Å². The number of nitrogens with two attached hydrogens (primary N) is 1. The van der Waals surface area contributed by atoms with Crippen molar-refractivity contribution in [3.63, 3.8) is 0 Å². The van der Waals surface area contributed by atoms with Gasteiger partial charge in [-0.2, -0.15) is 0 Å². The third-order valence-electron chi connectivity index (χ3n) is 3.96. The summed E-state index contributed by atoms with van der Waals surface area (Å²) in [6, 6.07) is 5.32. The summed E-state index contributed by atoms with van der Waals surface area (Å²) in [5.41, 5.74) is 6.46. The second-order valence-corrected chi connectivity index (χ2v) is 5.56. The van der Waals surface area contributed by atoms with Gasteiger partial charge >= 0.3 is 0 Å². The monoisotopic (exact) mass is 298 g/mol. The maximum atomic E-state index is 12.4. The lowest BCUT2D eigenvalue weighted by atomic mass is 9.90. The number of rotatable bonds is 2. The standard InChI is InChI=1S/C14H18N2O3.ClH/c1-14(7-15)4-5-16(8-14)13(17)10-2-3-11-12(6-10)19-9-18-11;/h2-3,6H,4-5,7-9,15H2,1H3;1H. The first-order valence-electron chi connectivity index (χ1n) is 6.50. The van der Waals surface area contributed by atoms with Crippen LogP contribution in [0.3, 0.4) is 0 Å². The second-order valence-electron chi connectivity index (χ2n) is 5.56. The van der Waals surface area contributed by atoms with E-state index < -0.39 is 0 Å². The second kappa shape index (κ2) is 5.50. The molecule has 1 unspecified atom stereocenters. The van der Waals surface area contributed by atoms with Crippen molar-refractivity contribution in [3.05, 3.63) is 23.8 Å². The fourth-order valence-electron chi connectivity index (χ4n) is 2.58. The molecule has 2 aliphatic heterocycles. The molecule has 1 amide bonds. The SMILES string of the molecule is CC1(CN)CCN(C(=O)c2ccc3c(c2)OCO3)C1.Cl. The fourth-order valence-corrected chi connectivity index (χ4v) is 2.58. The summed E-state index contributed by atoms with van der Waals surface area (Å²) in [5, 5.41) is 0. The summed E-state index contributed by atoms with van der Waals surface area (Å²) < 4.78 is 10.5. The summed E-state index contributed by atoms with van der Waals surface area (Å²) >= 11 is 0. The minimum atomic E-state index is 0. The number of carbonyl (C=O) groups excluding carboxylic acids is 1. The number of likely N-dealkylation sites (tertiary alicyclic amines) is 1. The van der Waals surface area contributed by atoms with Gasteiger partial charge in [0.15, 0.2) is 11.5 Å². The first-order valence-corrected chi connectivity index (χ1v) is 6.50. The van der Waals surface area contributed by atoms with Crippen molar-refractivity contribution in [2.45, 2.75) is 13.3 Å². The van der Waals surface area contributed by atoms with Gasteiger partial charge in [0.1, 0.15) is 0 Å². The van der Waals surface area contributed by atoms with Gasteiger partial charge in [0.25, 0.3) is 5.91 Å². The Bertz CT molecular complexity index is 523. The number of hydrogen-bond donors (Lipinski definition) is 1. The molecule has 5 nitrogen and oxygen atoms in total. The highest BCUT2D eigenvalue weighted by atomic mass is 35.5. The molecule has 2 heterocycles. The maximum Gasteiger partial charge on any atom is 0.254 e. The van der Waals surface area contributed by atoms with E-state index in [1.165, 1.54) is 0 Å². The molecule has 1 fully saturated rings. The average Bonchev–Trinajstić information content (AvgIpc) is 3.04. The van der Waals surface area contributed by atoms with Crippen LogP contribution < -0.4 is 15.2 Å². The smallest absolute Gasteiger partial charge is 0.254 e. The molecule has 0 bridgehead atoms. The molecule has 1 aromatic rings. The molecule has 0 aliphatic carbocycles. The summed E-state index contributed by atoms with van der Waals surface area (Å²) in [6.07, 6.45) is 0.958. The zero-order chi connectivity index (χ0) is 13.5. The van der Waals surface area contributed by atoms with E-state index in [0.29, 0.717) is 23.6 Å². The number of carbonyl (C=O) groups is 1. The van der Waals surface area contributed by atoms with Crippen LogP contribution >= 0.6 is 12.4 Å². The quantitative estimate of drug-likeness (QED) is 0.901. The minimum absolute atomic E-state index is 0. The van der Waals surface area contributed by atoms with Crippen molar-refractivity contribution in [2.75, 3.05) is 26.4 Å². The van der Waals surface area contributed by atoms with E-state index in [9.17, 15) is 4.79 Å². The van der Waals surface area contributed by atoms with Gasteiger partial charge in [0, 0.05) is 18.7 Å². The van der Waals surface area contributed by atoms with Gasteiger partial charge in [-0.05, 0) is 36.6 Å². The van der Waals surface area contributed by atoms with E-state index in [0.717, 1.165) is 19.5 Å². The van der Waals surface area contributed by atoms with Crippen molar-refractivity contribution in [3.8, 4) is 11.5 Å². The van der Waals surface area contributed by atoms with Crippen LogP contribution in [0.5, 0.6) is 11.5 Å². The highest BCUT2D eigenvalue weighted by molar-refractivity contribution is 5.95. The van der Waals surface area contributed by atoms with E-state index in [1.807, 2.05) is 4.90 Å². The van der Waals surface area contributed by atoms with Crippen LogP contribution in [0.1, 0.15) is 23.7 Å². The van der Waals surface area contributed by atoms with Crippen LogP contribution in [0.2, 0.25) is 0 Å². The highest BCUT2D eigenvalue weighted by Gasteiger charge is 2.35. The molecule has 1 atom stereocenters. The minimum Gasteiger partial charge on any atom is -0.454 e. The van der Waals surface area contributed by atoms with Gasteiger partial charge in [-0.1, -0.05) is 6.92 Å². The third-order valence-corrected chi connectivity index (χ3v) is 3.96. The molecule has 0 spiro atoms. The number of ether oxygens (including phenoxy) is 2. The lowest BCUT2D eigenvalue weighted by Crippen LogP contribution is -2.34. The molecular weight excluding hydrogens is 280 g/mol. The fraction of sp³-hybridized carbons (Fsp3) is 0.500. The van der Waals surface area contributed by atoms with Crippen LogP contribution in [0.4, 0.5) is 0 Å². The highest BCUT2D eigenvalue weighted by Crippen LogP contribution is 2.34. The Morgan fingerprint density at radius 3 is 2.85 bits per heavy atom. The normalized spacial score (nSPS) is 23.6. The first-order chi connectivity index (χ1) is 9.11. The predicted molar refractivity (Wildman–Crippen MR) is 77.5 cm³/mol. The summed E-state index contributed by atoms with van der Waals surface area (Å²) in [4.78, 5) is 14.3. The molecule has 2 aliphatic rings. The number of halogens is 1. The predicted octanol–water partition coefficient (Wildman–Crippen LogP) is 1.65. The molecule has 0 aromatic heterocycles. The molecule has 20 heavy (non-hydrogen) atoms. The first kappa shape index (κ1) is 14.9. The van der Waals surface area contributed by atoms with Crippen LogP contribution in [0.25, 0.3) is 0 Å². The molecule has 0 radical (unpaired) electrons. The van der Waals surface area contributed by atoms with Crippen molar-refractivity contribution < 1.29 is 14.3 Å². The maximum absolute atomic E-state index is 12.4. The molecular formula is C14H19ClN2O3. The number of fused-ring (bicyclic) bond motifs is 1. The number of amides is 1. The Balaban J connectivity index is 0.00000147. The van der Waals surface area contributed by atoms with Crippen LogP contribution in [0.15, 0.2) is 18.2 Å². The lowest BCUT2D eigenvalue weighted by Gasteiger charge is -2.22. The van der Waals surface area contributed by atoms with Crippen molar-refractivity contribution in [1.29, 1.82) is 0 Å². The van der Waals surface area contributed by atoms with Crippen molar-refractivity contribution in [2.24, 2.45) is 11.1 Å². The van der Waals surface area contributed by atoms with Crippen LogP contribution in [0, 0.1) is 5.41 Å². The number of nitrogens with zero attached hydrogens (tertiary/aromatic N) is 1. The summed E-state index contributed by atoms with van der Waals surface area (Å²) in [6.45, 7) is 4.44. The summed E-state index contributed by atoms with van der Waals surface area (Å²) in [5.74, 6) is 1.38. The van der Waals surface area contributed by atoms with Crippen LogP contribution in [-0.4, -0.2) is 37.2 Å². The molecule has 1 saturated heterocycles. The Hall–Kier alpha value is -1.46. The van der Waals surface area contributed by atoms with E-state index in [2.05, 4.69) is 6.92 Å². The molecule has 6 heteroatoms. The van der Waals surface area contributed by atoms with E-state index >= 15 is 0 Å². The van der Waals surface area contributed by atoms with Gasteiger partial charge in [-0.3, -0.25) is 4.79 Å². The molecule has 2 N–H and O–H groups in total. The third kappa shape index (κ3) is 2.55. The average molecular weight is 299 g/mol. The largest absolute Gasteiger partial charge is 0.454 e. The number of benzene rings is 1. The molecule has 0 saturated carbocycles. The van der Waals surface area contributed by atoms with Gasteiger partial charge in [0.05, 0.1) is 0 Å². The number of hydrogen-bond acceptors (Lipinski definition) is 4. The molecule has 1 aromatic carbocycles.